The predicted molar refractivity (Wildman–Crippen MR) is 73.4 cm³/mol. The quantitative estimate of drug-likeness (QED) is 0.776. The molecular weight excluding hydrogens is 248 g/mol. The minimum atomic E-state index is 0.0299. The normalized spacial score (nSPS) is 15.0. The highest BCUT2D eigenvalue weighted by molar-refractivity contribution is 6.31. The van der Waals surface area contributed by atoms with Crippen LogP contribution in [0.2, 0.25) is 5.02 Å². The summed E-state index contributed by atoms with van der Waals surface area (Å²) in [7, 11) is 0. The van der Waals surface area contributed by atoms with Crippen molar-refractivity contribution in [2.75, 3.05) is 6.54 Å². The fourth-order valence-corrected chi connectivity index (χ4v) is 2.74. The molecule has 1 aromatic carbocycles. The number of fused-ring (bicyclic) bond motifs is 3. The number of halogens is 1. The number of rotatable bonds is 0. The van der Waals surface area contributed by atoms with Crippen molar-refractivity contribution >= 4 is 34.1 Å². The van der Waals surface area contributed by atoms with Crippen LogP contribution in [0.3, 0.4) is 0 Å². The highest BCUT2D eigenvalue weighted by Gasteiger charge is 2.25. The number of benzene rings is 1. The van der Waals surface area contributed by atoms with Gasteiger partial charge in [-0.1, -0.05) is 18.2 Å². The van der Waals surface area contributed by atoms with Crippen molar-refractivity contribution in [1.29, 1.82) is 0 Å². The van der Waals surface area contributed by atoms with E-state index in [0.717, 1.165) is 33.7 Å². The van der Waals surface area contributed by atoms with Gasteiger partial charge in [0.05, 0.1) is 11.4 Å². The monoisotopic (exact) mass is 260 g/mol. The van der Waals surface area contributed by atoms with Crippen LogP contribution in [0.4, 0.5) is 0 Å². The minimum absolute atomic E-state index is 0.0299. The predicted octanol–water partition coefficient (Wildman–Crippen LogP) is 3.20. The van der Waals surface area contributed by atoms with Crippen molar-refractivity contribution in [3.63, 3.8) is 0 Å². The molecule has 0 saturated carbocycles. The molecule has 3 nitrogen and oxygen atoms in total. The smallest absolute Gasteiger partial charge is 0.223 e. The van der Waals surface area contributed by atoms with Gasteiger partial charge in [0.25, 0.3) is 0 Å². The molecule has 0 aliphatic carbocycles. The summed E-state index contributed by atoms with van der Waals surface area (Å²) in [5.41, 5.74) is 3.94. The van der Waals surface area contributed by atoms with Gasteiger partial charge >= 0.3 is 0 Å². The van der Waals surface area contributed by atoms with Gasteiger partial charge < -0.3 is 9.88 Å². The Morgan fingerprint density at radius 3 is 3.00 bits per heavy atom. The van der Waals surface area contributed by atoms with Gasteiger partial charge in [-0.05, 0) is 30.2 Å². The zero-order valence-corrected chi connectivity index (χ0v) is 10.8. The van der Waals surface area contributed by atoms with Gasteiger partial charge in [0.1, 0.15) is 0 Å². The Labute approximate surface area is 110 Å². The first-order chi connectivity index (χ1) is 8.58. The van der Waals surface area contributed by atoms with Gasteiger partial charge in [-0.15, -0.1) is 0 Å². The van der Waals surface area contributed by atoms with E-state index in [0.29, 0.717) is 6.54 Å². The van der Waals surface area contributed by atoms with E-state index in [-0.39, 0.29) is 5.91 Å². The van der Waals surface area contributed by atoms with Crippen molar-refractivity contribution in [3.05, 3.63) is 41.1 Å². The van der Waals surface area contributed by atoms with E-state index >= 15 is 0 Å². The molecule has 92 valence electrons. The Morgan fingerprint density at radius 2 is 2.28 bits per heavy atom. The second kappa shape index (κ2) is 3.89. The number of hydrogen-bond donors (Lipinski definition) is 1. The number of nitrogens with one attached hydrogen (secondary N) is 1. The average molecular weight is 261 g/mol. The number of amides is 1. The minimum Gasteiger partial charge on any atom is -0.353 e. The Balaban J connectivity index is 2.20. The number of H-pyrrole nitrogens is 1. The maximum absolute atomic E-state index is 11.5. The lowest BCUT2D eigenvalue weighted by molar-refractivity contribution is -0.125. The van der Waals surface area contributed by atoms with Crippen LogP contribution in [0.15, 0.2) is 24.8 Å². The second-order valence-corrected chi connectivity index (χ2v) is 4.97. The highest BCUT2D eigenvalue weighted by atomic mass is 35.5. The summed E-state index contributed by atoms with van der Waals surface area (Å²) in [6, 6.07) is 5.78. The van der Waals surface area contributed by atoms with E-state index in [4.69, 9.17) is 11.6 Å². The molecule has 1 amide bonds. The first-order valence-electron chi connectivity index (χ1n) is 5.85. The molecule has 1 N–H and O–H groups in total. The molecule has 1 aliphatic heterocycles. The zero-order valence-electron chi connectivity index (χ0n) is 10.1. The number of aromatic amines is 1. The second-order valence-electron chi connectivity index (χ2n) is 4.54. The average Bonchev–Trinajstić information content (AvgIpc) is 2.68. The molecule has 2 aromatic rings. The van der Waals surface area contributed by atoms with Gasteiger partial charge in [-0.2, -0.15) is 0 Å². The van der Waals surface area contributed by atoms with E-state index in [1.165, 1.54) is 5.56 Å². The van der Waals surface area contributed by atoms with E-state index in [9.17, 15) is 4.79 Å². The SMILES string of the molecule is C=C1c2[nH]c3ccc(Cl)cc3c2CCN1C(C)=O. The maximum Gasteiger partial charge on any atom is 0.223 e. The van der Waals surface area contributed by atoms with Crippen molar-refractivity contribution in [1.82, 2.24) is 9.88 Å². The van der Waals surface area contributed by atoms with E-state index in [1.807, 2.05) is 18.2 Å². The number of carbonyl (C=O) groups is 1. The number of hydrogen-bond acceptors (Lipinski definition) is 1. The molecule has 0 bridgehead atoms. The molecule has 1 aliphatic rings. The van der Waals surface area contributed by atoms with Crippen molar-refractivity contribution in [2.45, 2.75) is 13.3 Å². The van der Waals surface area contributed by atoms with Crippen molar-refractivity contribution in [3.8, 4) is 0 Å². The molecule has 0 fully saturated rings. The van der Waals surface area contributed by atoms with Crippen molar-refractivity contribution < 1.29 is 4.79 Å². The summed E-state index contributed by atoms with van der Waals surface area (Å²) in [4.78, 5) is 16.6. The van der Waals surface area contributed by atoms with Crippen LogP contribution >= 0.6 is 11.6 Å². The molecule has 0 radical (unpaired) electrons. The summed E-state index contributed by atoms with van der Waals surface area (Å²) in [6.07, 6.45) is 0.828. The molecule has 3 rings (SSSR count). The van der Waals surface area contributed by atoms with E-state index in [1.54, 1.807) is 11.8 Å². The lowest BCUT2D eigenvalue weighted by atomic mass is 10.0. The van der Waals surface area contributed by atoms with Crippen LogP contribution in [0.5, 0.6) is 0 Å². The fourth-order valence-electron chi connectivity index (χ4n) is 2.57. The molecule has 0 spiro atoms. The summed E-state index contributed by atoms with van der Waals surface area (Å²) in [5.74, 6) is 0.0299. The number of carbonyl (C=O) groups excluding carboxylic acids is 1. The molecule has 0 unspecified atom stereocenters. The van der Waals surface area contributed by atoms with Gasteiger partial charge in [0.15, 0.2) is 0 Å². The van der Waals surface area contributed by atoms with Gasteiger partial charge in [0.2, 0.25) is 5.91 Å². The number of aromatic nitrogens is 1. The van der Waals surface area contributed by atoms with Gasteiger partial charge in [0, 0.05) is 29.4 Å². The topological polar surface area (TPSA) is 36.1 Å². The van der Waals surface area contributed by atoms with Crippen LogP contribution < -0.4 is 0 Å². The Hall–Kier alpha value is -1.74. The third kappa shape index (κ3) is 1.55. The van der Waals surface area contributed by atoms with E-state index < -0.39 is 0 Å². The van der Waals surface area contributed by atoms with Crippen LogP contribution in [0, 0.1) is 0 Å². The standard InChI is InChI=1S/C14H13ClN2O/c1-8-14-11(5-6-17(8)9(2)18)12-7-10(15)3-4-13(12)16-14/h3-4,7,16H,1,5-6H2,2H3. The third-order valence-electron chi connectivity index (χ3n) is 3.45. The maximum atomic E-state index is 11.5. The van der Waals surface area contributed by atoms with Crippen LogP contribution in [-0.4, -0.2) is 22.3 Å². The molecular formula is C14H13ClN2O. The van der Waals surface area contributed by atoms with Crippen molar-refractivity contribution in [2.24, 2.45) is 0 Å². The summed E-state index contributed by atoms with van der Waals surface area (Å²) in [6.45, 7) is 6.26. The van der Waals surface area contributed by atoms with Crippen LogP contribution in [-0.2, 0) is 11.2 Å². The zero-order chi connectivity index (χ0) is 12.9. The highest BCUT2D eigenvalue weighted by Crippen LogP contribution is 2.34. The molecule has 1 aromatic heterocycles. The summed E-state index contributed by atoms with van der Waals surface area (Å²) >= 11 is 6.03. The Bertz CT molecular complexity index is 672. The third-order valence-corrected chi connectivity index (χ3v) is 3.68. The fraction of sp³-hybridized carbons (Fsp3) is 0.214. The van der Waals surface area contributed by atoms with Crippen LogP contribution in [0.25, 0.3) is 16.6 Å². The van der Waals surface area contributed by atoms with E-state index in [2.05, 4.69) is 11.6 Å². The largest absolute Gasteiger partial charge is 0.353 e. The van der Waals surface area contributed by atoms with Crippen LogP contribution in [0.1, 0.15) is 18.2 Å². The molecule has 2 heterocycles. The number of nitrogens with zero attached hydrogens (tertiary/aromatic N) is 1. The molecule has 4 heteroatoms. The lowest BCUT2D eigenvalue weighted by Gasteiger charge is -2.28. The Morgan fingerprint density at radius 1 is 1.50 bits per heavy atom. The lowest BCUT2D eigenvalue weighted by Crippen LogP contribution is -2.32. The molecule has 0 atom stereocenters. The first kappa shape index (κ1) is 11.4. The van der Waals surface area contributed by atoms with Gasteiger partial charge in [-0.3, -0.25) is 4.79 Å². The van der Waals surface area contributed by atoms with Gasteiger partial charge in [-0.25, -0.2) is 0 Å². The Kier molecular flexibility index (Phi) is 2.45. The molecule has 0 saturated heterocycles. The molecule has 18 heavy (non-hydrogen) atoms. The first-order valence-corrected chi connectivity index (χ1v) is 6.23. The summed E-state index contributed by atoms with van der Waals surface area (Å²) in [5, 5.41) is 1.85. The summed E-state index contributed by atoms with van der Waals surface area (Å²) < 4.78 is 0.